The van der Waals surface area contributed by atoms with E-state index < -0.39 is 0 Å². The molecule has 1 aliphatic rings. The molecule has 0 atom stereocenters. The smallest absolute Gasteiger partial charge is 0.270 e. The lowest BCUT2D eigenvalue weighted by molar-refractivity contribution is 0.102. The van der Waals surface area contributed by atoms with Crippen molar-refractivity contribution < 1.29 is 4.79 Å². The van der Waals surface area contributed by atoms with Gasteiger partial charge >= 0.3 is 0 Å². The van der Waals surface area contributed by atoms with Crippen LogP contribution in [0.5, 0.6) is 0 Å². The van der Waals surface area contributed by atoms with Crippen molar-refractivity contribution in [1.82, 2.24) is 29.8 Å². The number of H-pyrrole nitrogens is 1. The molecular formula is C29H28N8O. The fourth-order valence-corrected chi connectivity index (χ4v) is 4.96. The first-order valence-corrected chi connectivity index (χ1v) is 12.8. The first-order chi connectivity index (χ1) is 18.7. The Kier molecular flexibility index (Phi) is 6.39. The van der Waals surface area contributed by atoms with Crippen molar-refractivity contribution in [3.8, 4) is 0 Å². The van der Waals surface area contributed by atoms with Crippen LogP contribution in [-0.2, 0) is 13.6 Å². The fraction of sp³-hybridized carbons (Fsp3) is 0.207. The molecule has 1 amide bonds. The Balaban J connectivity index is 1.31. The molecule has 38 heavy (non-hydrogen) atoms. The van der Waals surface area contributed by atoms with Crippen LogP contribution in [0.4, 0.5) is 11.6 Å². The number of nitrogens with zero attached hydrogens (tertiary/aromatic N) is 6. The number of allylic oxidation sites excluding steroid dienone is 2. The molecule has 0 saturated carbocycles. The number of nitrogens with one attached hydrogen (secondary N) is 2. The molecule has 0 unspecified atom stereocenters. The quantitative estimate of drug-likeness (QED) is 0.340. The van der Waals surface area contributed by atoms with E-state index in [-0.39, 0.29) is 11.9 Å². The summed E-state index contributed by atoms with van der Waals surface area (Å²) in [4.78, 5) is 17.5. The molecule has 9 heteroatoms. The average Bonchev–Trinajstić information content (AvgIpc) is 3.57. The van der Waals surface area contributed by atoms with E-state index in [2.05, 4.69) is 77.5 Å². The van der Waals surface area contributed by atoms with Gasteiger partial charge < -0.3 is 9.13 Å². The molecule has 190 valence electrons. The third kappa shape index (κ3) is 4.78. The first kappa shape index (κ1) is 23.6. The van der Waals surface area contributed by atoms with Gasteiger partial charge in [0.15, 0.2) is 0 Å². The predicted octanol–water partition coefficient (Wildman–Crippen LogP) is 4.98. The Morgan fingerprint density at radius 3 is 2.50 bits per heavy atom. The number of aryl methyl sites for hydroxylation is 1. The molecule has 3 aromatic carbocycles. The van der Waals surface area contributed by atoms with Crippen molar-refractivity contribution in [2.24, 2.45) is 12.0 Å². The van der Waals surface area contributed by atoms with Crippen LogP contribution in [0.2, 0.25) is 0 Å². The molecule has 1 aliphatic carbocycles. The molecule has 0 fully saturated rings. The number of benzene rings is 3. The summed E-state index contributed by atoms with van der Waals surface area (Å²) in [6, 6.07) is 24.4. The van der Waals surface area contributed by atoms with Crippen molar-refractivity contribution >= 4 is 34.1 Å². The Bertz CT molecular complexity index is 1670. The minimum atomic E-state index is -0.293. The SMILES string of the molecule is Cn1c(=Nc2ccc(C3=CCCCC3)cc2)n(Cc2ccc(C(=O)Nc3nn[nH]n3)cc2)c2ccccc21. The van der Waals surface area contributed by atoms with Crippen molar-refractivity contribution in [3.63, 3.8) is 0 Å². The van der Waals surface area contributed by atoms with Crippen LogP contribution in [0, 0.1) is 0 Å². The largest absolute Gasteiger partial charge is 0.313 e. The summed E-state index contributed by atoms with van der Waals surface area (Å²) in [5, 5.41) is 15.9. The van der Waals surface area contributed by atoms with Gasteiger partial charge in [-0.05, 0) is 84.0 Å². The molecule has 0 saturated heterocycles. The maximum atomic E-state index is 12.5. The van der Waals surface area contributed by atoms with Crippen LogP contribution in [-0.4, -0.2) is 35.7 Å². The summed E-state index contributed by atoms with van der Waals surface area (Å²) in [5.74, 6) is -0.154. The highest BCUT2D eigenvalue weighted by Gasteiger charge is 2.12. The number of carbonyl (C=O) groups excluding carboxylic acids is 1. The molecule has 9 nitrogen and oxygen atoms in total. The van der Waals surface area contributed by atoms with Crippen molar-refractivity contribution in [3.05, 3.63) is 101 Å². The number of amides is 1. The number of tetrazole rings is 1. The molecule has 0 radical (unpaired) electrons. The van der Waals surface area contributed by atoms with E-state index in [0.717, 1.165) is 34.3 Å². The third-order valence-corrected chi connectivity index (χ3v) is 6.96. The van der Waals surface area contributed by atoms with Gasteiger partial charge in [0, 0.05) is 12.6 Å². The highest BCUT2D eigenvalue weighted by atomic mass is 16.1. The van der Waals surface area contributed by atoms with Gasteiger partial charge in [-0.25, -0.2) is 4.99 Å². The fourth-order valence-electron chi connectivity index (χ4n) is 4.96. The average molecular weight is 505 g/mol. The molecule has 2 N–H and O–H groups in total. The van der Waals surface area contributed by atoms with Crippen LogP contribution in [0.25, 0.3) is 16.6 Å². The van der Waals surface area contributed by atoms with Crippen LogP contribution in [0.1, 0.15) is 47.2 Å². The van der Waals surface area contributed by atoms with Gasteiger partial charge in [-0.2, -0.15) is 5.21 Å². The normalized spacial score (nSPS) is 14.0. The lowest BCUT2D eigenvalue weighted by Crippen LogP contribution is -2.24. The number of para-hydroxylation sites is 2. The lowest BCUT2D eigenvalue weighted by Gasteiger charge is -2.12. The number of aromatic nitrogens is 6. The standard InChI is InChI=1S/C29H28N8O/c1-36-25-9-5-6-10-26(25)37(19-20-11-13-23(14-12-20)27(38)31-28-32-34-35-33-28)29(36)30-24-17-15-22(16-18-24)21-7-3-2-4-8-21/h5-7,9-18H,2-4,8,19H2,1H3,(H2,31,32,33,34,35,38). The Hall–Kier alpha value is -4.79. The zero-order chi connectivity index (χ0) is 25.9. The molecule has 2 heterocycles. The number of carbonyl (C=O) groups is 1. The number of rotatable bonds is 6. The van der Waals surface area contributed by atoms with Crippen LogP contribution >= 0.6 is 0 Å². The second-order valence-electron chi connectivity index (χ2n) is 9.45. The number of hydrogen-bond donors (Lipinski definition) is 2. The van der Waals surface area contributed by atoms with Gasteiger partial charge in [-0.15, -0.1) is 5.10 Å². The lowest BCUT2D eigenvalue weighted by atomic mass is 9.94. The molecule has 6 rings (SSSR count). The van der Waals surface area contributed by atoms with Crippen molar-refractivity contribution in [1.29, 1.82) is 0 Å². The number of fused-ring (bicyclic) bond motifs is 1. The molecule has 5 aromatic rings. The summed E-state index contributed by atoms with van der Waals surface area (Å²) in [6.07, 6.45) is 7.24. The molecular weight excluding hydrogens is 476 g/mol. The van der Waals surface area contributed by atoms with E-state index in [0.29, 0.717) is 12.1 Å². The van der Waals surface area contributed by atoms with E-state index in [1.54, 1.807) is 12.1 Å². The summed E-state index contributed by atoms with van der Waals surface area (Å²) in [7, 11) is 2.05. The zero-order valence-corrected chi connectivity index (χ0v) is 21.1. The molecule has 0 bridgehead atoms. The van der Waals surface area contributed by atoms with Gasteiger partial charge in [0.2, 0.25) is 5.62 Å². The summed E-state index contributed by atoms with van der Waals surface area (Å²) >= 11 is 0. The van der Waals surface area contributed by atoms with Gasteiger partial charge in [0.1, 0.15) is 0 Å². The van der Waals surface area contributed by atoms with Gasteiger partial charge in [0.25, 0.3) is 11.9 Å². The minimum Gasteiger partial charge on any atom is -0.313 e. The molecule has 0 spiro atoms. The highest BCUT2D eigenvalue weighted by molar-refractivity contribution is 6.03. The molecule has 0 aliphatic heterocycles. The minimum absolute atomic E-state index is 0.139. The predicted molar refractivity (Wildman–Crippen MR) is 147 cm³/mol. The topological polar surface area (TPSA) is 106 Å². The Morgan fingerprint density at radius 1 is 1.00 bits per heavy atom. The van der Waals surface area contributed by atoms with E-state index in [1.165, 1.54) is 30.4 Å². The van der Waals surface area contributed by atoms with E-state index in [1.807, 2.05) is 31.3 Å². The van der Waals surface area contributed by atoms with Gasteiger partial charge in [-0.3, -0.25) is 10.1 Å². The van der Waals surface area contributed by atoms with Crippen molar-refractivity contribution in [2.75, 3.05) is 5.32 Å². The Morgan fingerprint density at radius 2 is 1.79 bits per heavy atom. The summed E-state index contributed by atoms with van der Waals surface area (Å²) < 4.78 is 4.33. The number of anilines is 1. The second-order valence-corrected chi connectivity index (χ2v) is 9.45. The maximum absolute atomic E-state index is 12.5. The van der Waals surface area contributed by atoms with Crippen LogP contribution < -0.4 is 10.9 Å². The van der Waals surface area contributed by atoms with E-state index in [4.69, 9.17) is 4.99 Å². The van der Waals surface area contributed by atoms with Crippen LogP contribution in [0.15, 0.2) is 83.9 Å². The maximum Gasteiger partial charge on any atom is 0.270 e. The van der Waals surface area contributed by atoms with Crippen molar-refractivity contribution in [2.45, 2.75) is 32.2 Å². The van der Waals surface area contributed by atoms with Crippen LogP contribution in [0.3, 0.4) is 0 Å². The zero-order valence-electron chi connectivity index (χ0n) is 21.1. The summed E-state index contributed by atoms with van der Waals surface area (Å²) in [5.41, 5.74) is 8.27. The number of hydrogen-bond acceptors (Lipinski definition) is 5. The number of imidazole rings is 1. The van der Waals surface area contributed by atoms with Gasteiger partial charge in [0.05, 0.1) is 23.3 Å². The van der Waals surface area contributed by atoms with Gasteiger partial charge in [-0.1, -0.05) is 47.6 Å². The Labute approximate surface area is 219 Å². The third-order valence-electron chi connectivity index (χ3n) is 6.96. The molecule has 2 aromatic heterocycles. The summed E-state index contributed by atoms with van der Waals surface area (Å²) in [6.45, 7) is 0.609. The van der Waals surface area contributed by atoms with E-state index in [9.17, 15) is 4.79 Å². The highest BCUT2D eigenvalue weighted by Crippen LogP contribution is 2.28. The first-order valence-electron chi connectivity index (χ1n) is 12.8. The monoisotopic (exact) mass is 504 g/mol. The second kappa shape index (κ2) is 10.3. The number of aromatic amines is 1. The van der Waals surface area contributed by atoms with E-state index >= 15 is 0 Å².